The number of anilines is 3. The molecule has 2 aromatic carbocycles. The second-order valence-corrected chi connectivity index (χ2v) is 6.51. The first-order valence-corrected chi connectivity index (χ1v) is 8.90. The van der Waals surface area contributed by atoms with Crippen LogP contribution in [0.15, 0.2) is 48.8 Å². The summed E-state index contributed by atoms with van der Waals surface area (Å²) < 4.78 is 0. The van der Waals surface area contributed by atoms with Gasteiger partial charge in [-0.3, -0.25) is 35.9 Å². The summed E-state index contributed by atoms with van der Waals surface area (Å²) in [6.07, 6.45) is 1.10. The molecule has 0 fully saturated rings. The molecule has 1 amide bonds. The van der Waals surface area contributed by atoms with Crippen LogP contribution in [-0.2, 0) is 0 Å². The fourth-order valence-corrected chi connectivity index (χ4v) is 2.68. The molecule has 0 radical (unpaired) electrons. The number of aryl methyl sites for hydroxylation is 2. The number of carbonyl (C=O) groups is 1. The highest BCUT2D eigenvalue weighted by molar-refractivity contribution is 5.95. The highest BCUT2D eigenvalue weighted by Gasteiger charge is 2.24. The summed E-state index contributed by atoms with van der Waals surface area (Å²) in [6, 6.07) is 10.6. The van der Waals surface area contributed by atoms with Crippen molar-refractivity contribution in [3.63, 3.8) is 0 Å². The van der Waals surface area contributed by atoms with Crippen LogP contribution < -0.4 is 16.2 Å². The molecule has 0 atom stereocenters. The SMILES string of the molecule is Cc1ccc(C)c(Nc2ncnc(NNC(=O)c3cccc([N+](=O)[O-])c3)c2[N+](=O)[O-])c1. The molecule has 0 bridgehead atoms. The number of rotatable bonds is 7. The van der Waals surface area contributed by atoms with Gasteiger partial charge in [-0.25, -0.2) is 9.97 Å². The van der Waals surface area contributed by atoms with Crippen molar-refractivity contribution in [2.45, 2.75) is 13.8 Å². The van der Waals surface area contributed by atoms with Gasteiger partial charge in [0.2, 0.25) is 11.6 Å². The van der Waals surface area contributed by atoms with Crippen LogP contribution in [0.4, 0.5) is 28.7 Å². The first-order valence-electron chi connectivity index (χ1n) is 8.90. The van der Waals surface area contributed by atoms with E-state index in [9.17, 15) is 25.0 Å². The Morgan fingerprint density at radius 2 is 1.71 bits per heavy atom. The first-order chi connectivity index (χ1) is 14.8. The molecule has 0 aliphatic heterocycles. The predicted molar refractivity (Wildman–Crippen MR) is 112 cm³/mol. The number of carbonyl (C=O) groups excluding carboxylic acids is 1. The van der Waals surface area contributed by atoms with Crippen molar-refractivity contribution in [1.29, 1.82) is 0 Å². The molecule has 0 aliphatic carbocycles. The first kappa shape index (κ1) is 21.1. The van der Waals surface area contributed by atoms with Gasteiger partial charge in [0.05, 0.1) is 9.85 Å². The van der Waals surface area contributed by atoms with Crippen LogP contribution in [0.2, 0.25) is 0 Å². The van der Waals surface area contributed by atoms with E-state index < -0.39 is 21.4 Å². The van der Waals surface area contributed by atoms with Gasteiger partial charge in [-0.15, -0.1) is 0 Å². The number of aromatic nitrogens is 2. The number of hydrazine groups is 1. The van der Waals surface area contributed by atoms with E-state index in [1.165, 1.54) is 18.2 Å². The van der Waals surface area contributed by atoms with Crippen LogP contribution in [0.1, 0.15) is 21.5 Å². The summed E-state index contributed by atoms with van der Waals surface area (Å²) in [5.74, 6) is -1.06. The number of benzene rings is 2. The minimum atomic E-state index is -0.736. The second-order valence-electron chi connectivity index (χ2n) is 6.51. The molecule has 0 spiro atoms. The lowest BCUT2D eigenvalue weighted by atomic mass is 10.1. The summed E-state index contributed by atoms with van der Waals surface area (Å²) in [4.78, 5) is 41.3. The minimum absolute atomic E-state index is 0.00727. The van der Waals surface area contributed by atoms with Gasteiger partial charge in [-0.05, 0) is 37.1 Å². The summed E-state index contributed by atoms with van der Waals surface area (Å²) in [7, 11) is 0. The Kier molecular flexibility index (Phi) is 6.00. The van der Waals surface area contributed by atoms with Crippen LogP contribution in [0.5, 0.6) is 0 Å². The molecule has 0 saturated carbocycles. The Balaban J connectivity index is 1.85. The van der Waals surface area contributed by atoms with Crippen LogP contribution in [0.25, 0.3) is 0 Å². The van der Waals surface area contributed by atoms with E-state index in [0.29, 0.717) is 5.69 Å². The van der Waals surface area contributed by atoms with Crippen molar-refractivity contribution in [3.8, 4) is 0 Å². The van der Waals surface area contributed by atoms with Gasteiger partial charge in [0.1, 0.15) is 6.33 Å². The Morgan fingerprint density at radius 3 is 2.42 bits per heavy atom. The summed E-state index contributed by atoms with van der Waals surface area (Å²) in [5.41, 5.74) is 6.33. The van der Waals surface area contributed by atoms with E-state index in [-0.39, 0.29) is 22.9 Å². The van der Waals surface area contributed by atoms with Crippen molar-refractivity contribution in [1.82, 2.24) is 15.4 Å². The smallest absolute Gasteiger partial charge is 0.334 e. The highest BCUT2D eigenvalue weighted by Crippen LogP contribution is 2.32. The third-order valence-electron chi connectivity index (χ3n) is 4.26. The highest BCUT2D eigenvalue weighted by atomic mass is 16.6. The number of hydrogen-bond acceptors (Lipinski definition) is 9. The third-order valence-corrected chi connectivity index (χ3v) is 4.26. The van der Waals surface area contributed by atoms with Crippen molar-refractivity contribution in [3.05, 3.63) is 85.7 Å². The summed E-state index contributed by atoms with van der Waals surface area (Å²) in [5, 5.41) is 25.5. The number of nitro groups is 2. The number of nitrogens with one attached hydrogen (secondary N) is 3. The zero-order valence-corrected chi connectivity index (χ0v) is 16.4. The fourth-order valence-electron chi connectivity index (χ4n) is 2.68. The second kappa shape index (κ2) is 8.82. The molecule has 3 aromatic rings. The Morgan fingerprint density at radius 1 is 0.968 bits per heavy atom. The number of hydrogen-bond donors (Lipinski definition) is 3. The molecule has 0 unspecified atom stereocenters. The standard InChI is InChI=1S/C19H17N7O5/c1-11-6-7-12(2)15(8-11)22-17-16(26(30)31)18(21-10-20-17)23-24-19(27)13-4-3-5-14(9-13)25(28)29/h3-10H,1-2H3,(H,24,27)(H2,20,21,22,23). The van der Waals surface area contributed by atoms with E-state index in [0.717, 1.165) is 23.5 Å². The molecule has 158 valence electrons. The fraction of sp³-hybridized carbons (Fsp3) is 0.105. The molecule has 12 nitrogen and oxygen atoms in total. The molecule has 3 N–H and O–H groups in total. The molecule has 31 heavy (non-hydrogen) atoms. The lowest BCUT2D eigenvalue weighted by Gasteiger charge is -2.12. The van der Waals surface area contributed by atoms with Gasteiger partial charge >= 0.3 is 5.69 Å². The average Bonchev–Trinajstić information content (AvgIpc) is 2.74. The number of non-ortho nitro benzene ring substituents is 1. The topological polar surface area (TPSA) is 165 Å². The van der Waals surface area contributed by atoms with E-state index in [1.807, 2.05) is 32.0 Å². The number of amides is 1. The molecule has 0 aliphatic rings. The van der Waals surface area contributed by atoms with Crippen LogP contribution in [0.3, 0.4) is 0 Å². The molecular formula is C19H17N7O5. The van der Waals surface area contributed by atoms with E-state index in [4.69, 9.17) is 0 Å². The Labute approximate surface area is 175 Å². The van der Waals surface area contributed by atoms with Crippen LogP contribution >= 0.6 is 0 Å². The van der Waals surface area contributed by atoms with Gasteiger partial charge in [0, 0.05) is 23.4 Å². The normalized spacial score (nSPS) is 10.3. The minimum Gasteiger partial charge on any atom is -0.334 e. The quantitative estimate of drug-likeness (QED) is 0.381. The number of nitro benzene ring substituents is 1. The third kappa shape index (κ3) is 4.87. The predicted octanol–water partition coefficient (Wildman–Crippen LogP) is 3.41. The van der Waals surface area contributed by atoms with E-state index in [1.54, 1.807) is 0 Å². The molecular weight excluding hydrogens is 406 g/mol. The van der Waals surface area contributed by atoms with E-state index in [2.05, 4.69) is 26.1 Å². The van der Waals surface area contributed by atoms with Gasteiger partial charge < -0.3 is 5.32 Å². The Hall–Kier alpha value is -4.61. The Bertz CT molecular complexity index is 1180. The average molecular weight is 423 g/mol. The summed E-state index contributed by atoms with van der Waals surface area (Å²) >= 11 is 0. The maximum atomic E-state index is 12.3. The largest absolute Gasteiger partial charge is 0.355 e. The summed E-state index contributed by atoms with van der Waals surface area (Å²) in [6.45, 7) is 3.72. The number of nitrogens with zero attached hydrogens (tertiary/aromatic N) is 4. The molecule has 3 rings (SSSR count). The molecule has 0 saturated heterocycles. The maximum Gasteiger partial charge on any atom is 0.355 e. The van der Waals surface area contributed by atoms with Gasteiger partial charge in [0.25, 0.3) is 11.6 Å². The molecule has 12 heteroatoms. The van der Waals surface area contributed by atoms with Crippen molar-refractivity contribution >= 4 is 34.6 Å². The van der Waals surface area contributed by atoms with Crippen molar-refractivity contribution in [2.24, 2.45) is 0 Å². The lowest BCUT2D eigenvalue weighted by molar-refractivity contribution is -0.384. The zero-order valence-electron chi connectivity index (χ0n) is 16.4. The zero-order chi connectivity index (χ0) is 22.5. The molecule has 1 heterocycles. The van der Waals surface area contributed by atoms with Gasteiger partial charge in [-0.1, -0.05) is 18.2 Å². The monoisotopic (exact) mass is 423 g/mol. The van der Waals surface area contributed by atoms with Crippen LogP contribution in [0, 0.1) is 34.1 Å². The van der Waals surface area contributed by atoms with Crippen LogP contribution in [-0.4, -0.2) is 25.7 Å². The lowest BCUT2D eigenvalue weighted by Crippen LogP contribution is -2.30. The van der Waals surface area contributed by atoms with E-state index >= 15 is 0 Å². The van der Waals surface area contributed by atoms with Gasteiger partial charge in [0.15, 0.2) is 0 Å². The van der Waals surface area contributed by atoms with Gasteiger partial charge in [-0.2, -0.15) is 0 Å². The molecule has 1 aromatic heterocycles. The van der Waals surface area contributed by atoms with Crippen molar-refractivity contribution < 1.29 is 14.6 Å². The maximum absolute atomic E-state index is 12.3. The van der Waals surface area contributed by atoms with Crippen molar-refractivity contribution in [2.75, 3.05) is 10.7 Å².